The Kier molecular flexibility index (Phi) is 20.6. The summed E-state index contributed by atoms with van der Waals surface area (Å²) in [6.45, 7) is 25.2. The quantitative estimate of drug-likeness (QED) is 0.483. The molecule has 2 aromatic carbocycles. The Morgan fingerprint density at radius 1 is 0.444 bits per heavy atom. The fourth-order valence-corrected chi connectivity index (χ4v) is 10.5. The summed E-state index contributed by atoms with van der Waals surface area (Å²) in [6.07, 6.45) is 0. The van der Waals surface area contributed by atoms with Crippen LogP contribution in [-0.4, -0.2) is 16.6 Å². The van der Waals surface area contributed by atoms with Gasteiger partial charge in [-0.2, -0.15) is 0 Å². The molecule has 0 aliphatic rings. The molecule has 0 amide bonds. The molecule has 0 saturated carbocycles. The van der Waals surface area contributed by atoms with Crippen molar-refractivity contribution in [3.8, 4) is 0 Å². The number of hydrogen-bond donors (Lipinski definition) is 0. The maximum absolute atomic E-state index is 6.68. The first kappa shape index (κ1) is 30.6. The molecule has 0 spiro atoms. The molecule has 0 heterocycles. The van der Waals surface area contributed by atoms with Crippen LogP contribution in [0.15, 0.2) is 60.7 Å². The Morgan fingerprint density at radius 3 is 0.889 bits per heavy atom. The van der Waals surface area contributed by atoms with E-state index >= 15 is 0 Å². The van der Waals surface area contributed by atoms with Crippen LogP contribution in [0.25, 0.3) is 0 Å². The molecular weight excluding hydrogens is 360 g/mol. The maximum Gasteiger partial charge on any atom is 0.206 e. The number of rotatable bonds is 4. The second-order valence-corrected chi connectivity index (χ2v) is 13.9. The Bertz CT molecular complexity index is 473. The molecule has 27 heavy (non-hydrogen) atoms. The fourth-order valence-electron chi connectivity index (χ4n) is 2.43. The van der Waals surface area contributed by atoms with Crippen molar-refractivity contribution in [3.05, 3.63) is 60.7 Å². The zero-order chi connectivity index (χ0) is 21.9. The van der Waals surface area contributed by atoms with Crippen molar-refractivity contribution in [1.29, 1.82) is 0 Å². The molecule has 156 valence electrons. The first-order chi connectivity index (χ1) is 12.9. The fraction of sp³-hybridized carbons (Fsp3) is 0.500. The van der Waals surface area contributed by atoms with Crippen LogP contribution >= 0.6 is 0 Å². The van der Waals surface area contributed by atoms with Crippen molar-refractivity contribution < 1.29 is 4.12 Å². The van der Waals surface area contributed by atoms with Gasteiger partial charge < -0.3 is 4.12 Å². The van der Waals surface area contributed by atoms with Gasteiger partial charge in [-0.15, -0.1) is 0 Å². The van der Waals surface area contributed by atoms with Gasteiger partial charge in [-0.25, -0.2) is 0 Å². The van der Waals surface area contributed by atoms with Gasteiger partial charge in [-0.3, -0.25) is 0 Å². The van der Waals surface area contributed by atoms with E-state index in [4.69, 9.17) is 4.12 Å². The summed E-state index contributed by atoms with van der Waals surface area (Å²) in [5, 5.41) is 2.73. The van der Waals surface area contributed by atoms with Crippen LogP contribution in [0, 0.1) is 0 Å². The third kappa shape index (κ3) is 12.0. The van der Waals surface area contributed by atoms with Crippen LogP contribution in [0.4, 0.5) is 0 Å². The van der Waals surface area contributed by atoms with E-state index in [0.717, 1.165) is 0 Å². The average Bonchev–Trinajstić information content (AvgIpc) is 2.74. The summed E-state index contributed by atoms with van der Waals surface area (Å²) in [4.78, 5) is 0. The minimum Gasteiger partial charge on any atom is -0.449 e. The first-order valence-corrected chi connectivity index (χ1v) is 16.5. The molecule has 0 N–H and O–H groups in total. The number of hydrogen-bond acceptors (Lipinski definition) is 1. The zero-order valence-electron chi connectivity index (χ0n) is 20.2. The molecule has 2 rings (SSSR count). The lowest BCUT2D eigenvalue weighted by atomic mass is 10.4. The van der Waals surface area contributed by atoms with Crippen LogP contribution in [0.5, 0.6) is 0 Å². The van der Waals surface area contributed by atoms with Gasteiger partial charge in [0, 0.05) is 0 Å². The predicted octanol–water partition coefficient (Wildman–Crippen LogP) is 7.33. The Morgan fingerprint density at radius 2 is 0.667 bits per heavy atom. The van der Waals surface area contributed by atoms with E-state index < -0.39 is 16.6 Å². The van der Waals surface area contributed by atoms with Crippen molar-refractivity contribution in [2.75, 3.05) is 0 Å². The van der Waals surface area contributed by atoms with Crippen molar-refractivity contribution >= 4 is 27.0 Å². The monoisotopic (exact) mass is 406 g/mol. The minimum atomic E-state index is -1.84. The van der Waals surface area contributed by atoms with Gasteiger partial charge >= 0.3 is 0 Å². The van der Waals surface area contributed by atoms with Gasteiger partial charge in [0.2, 0.25) is 16.6 Å². The molecule has 0 bridgehead atoms. The van der Waals surface area contributed by atoms with E-state index in [1.54, 1.807) is 0 Å². The van der Waals surface area contributed by atoms with Crippen molar-refractivity contribution in [2.45, 2.75) is 81.6 Å². The molecule has 2 aromatic rings. The molecule has 0 saturated heterocycles. The number of benzene rings is 2. The second-order valence-electron chi connectivity index (χ2n) is 5.85. The van der Waals surface area contributed by atoms with Crippen molar-refractivity contribution in [1.82, 2.24) is 0 Å². The van der Waals surface area contributed by atoms with Crippen LogP contribution in [0.2, 0.25) is 26.2 Å². The van der Waals surface area contributed by atoms with Crippen molar-refractivity contribution in [3.63, 3.8) is 0 Å². The normalized spacial score (nSPS) is 9.63. The van der Waals surface area contributed by atoms with E-state index in [1.807, 2.05) is 55.4 Å². The standard InChI is InChI=1S/C16H22OSi2.4C2H6/c1-18(2,15-11-7-5-8-12-15)17-19(3,4)16-13-9-6-10-14-16;4*1-2/h5-14H,1-4H3;4*1-2H3. The molecule has 3 heteroatoms. The van der Waals surface area contributed by atoms with E-state index in [1.165, 1.54) is 10.4 Å². The molecule has 0 aromatic heterocycles. The van der Waals surface area contributed by atoms with Gasteiger partial charge in [-0.1, -0.05) is 116 Å². The highest BCUT2D eigenvalue weighted by molar-refractivity contribution is 6.96. The molecular formula is C24H46OSi2. The van der Waals surface area contributed by atoms with Gasteiger partial charge in [0.05, 0.1) is 0 Å². The Balaban J connectivity index is -0.000000638. The maximum atomic E-state index is 6.68. The Labute approximate surface area is 173 Å². The summed E-state index contributed by atoms with van der Waals surface area (Å²) >= 11 is 0. The minimum absolute atomic E-state index is 1.37. The Hall–Kier alpha value is -1.17. The lowest BCUT2D eigenvalue weighted by Gasteiger charge is -2.34. The summed E-state index contributed by atoms with van der Waals surface area (Å²) in [7, 11) is -3.67. The van der Waals surface area contributed by atoms with Gasteiger partial charge in [0.15, 0.2) is 0 Å². The topological polar surface area (TPSA) is 9.23 Å². The summed E-state index contributed by atoms with van der Waals surface area (Å²) in [5.74, 6) is 0. The highest BCUT2D eigenvalue weighted by Crippen LogP contribution is 2.15. The van der Waals surface area contributed by atoms with Gasteiger partial charge in [-0.05, 0) is 36.6 Å². The van der Waals surface area contributed by atoms with Crippen LogP contribution in [0.3, 0.4) is 0 Å². The summed E-state index contributed by atoms with van der Waals surface area (Å²) < 4.78 is 6.68. The molecule has 0 radical (unpaired) electrons. The third-order valence-corrected chi connectivity index (χ3v) is 11.0. The molecule has 0 unspecified atom stereocenters. The second kappa shape index (κ2) is 18.2. The molecule has 0 aliphatic carbocycles. The smallest absolute Gasteiger partial charge is 0.206 e. The highest BCUT2D eigenvalue weighted by atomic mass is 28.4. The third-order valence-electron chi connectivity index (χ3n) is 3.45. The van der Waals surface area contributed by atoms with Crippen LogP contribution < -0.4 is 10.4 Å². The summed E-state index contributed by atoms with van der Waals surface area (Å²) in [5.41, 5.74) is 0. The predicted molar refractivity (Wildman–Crippen MR) is 134 cm³/mol. The van der Waals surface area contributed by atoms with Crippen LogP contribution in [-0.2, 0) is 4.12 Å². The summed E-state index contributed by atoms with van der Waals surface area (Å²) in [6, 6.07) is 21.3. The lowest BCUT2D eigenvalue weighted by Crippen LogP contribution is -2.57. The van der Waals surface area contributed by atoms with Gasteiger partial charge in [0.25, 0.3) is 0 Å². The van der Waals surface area contributed by atoms with E-state index in [9.17, 15) is 0 Å². The van der Waals surface area contributed by atoms with E-state index in [2.05, 4.69) is 86.9 Å². The van der Waals surface area contributed by atoms with Crippen LogP contribution in [0.1, 0.15) is 55.4 Å². The van der Waals surface area contributed by atoms with Crippen molar-refractivity contribution in [2.24, 2.45) is 0 Å². The van der Waals surface area contributed by atoms with E-state index in [0.29, 0.717) is 0 Å². The SMILES string of the molecule is CC.CC.CC.CC.C[Si](C)(O[Si](C)(C)c1ccccc1)c1ccccc1. The molecule has 0 fully saturated rings. The molecule has 0 aliphatic heterocycles. The molecule has 0 atom stereocenters. The lowest BCUT2D eigenvalue weighted by molar-refractivity contribution is 0.573. The largest absolute Gasteiger partial charge is 0.449 e. The van der Waals surface area contributed by atoms with E-state index in [-0.39, 0.29) is 0 Å². The zero-order valence-corrected chi connectivity index (χ0v) is 22.2. The first-order valence-electron chi connectivity index (χ1n) is 10.7. The van der Waals surface area contributed by atoms with Gasteiger partial charge in [0.1, 0.15) is 0 Å². The molecule has 1 nitrogen and oxygen atoms in total. The average molecular weight is 407 g/mol. The highest BCUT2D eigenvalue weighted by Gasteiger charge is 2.35.